The Bertz CT molecular complexity index is 1180. The third kappa shape index (κ3) is 4.79. The van der Waals surface area contributed by atoms with Crippen molar-refractivity contribution in [1.82, 2.24) is 9.97 Å². The first kappa shape index (κ1) is 24.2. The maximum atomic E-state index is 15.0. The topological polar surface area (TPSA) is 99.7 Å². The largest absolute Gasteiger partial charge is 0.476 e. The van der Waals surface area contributed by atoms with E-state index in [1.165, 1.54) is 30.2 Å². The zero-order valence-corrected chi connectivity index (χ0v) is 20.2. The summed E-state index contributed by atoms with van der Waals surface area (Å²) >= 11 is 1.50. The number of aliphatic imine (C=N–C) groups is 1. The van der Waals surface area contributed by atoms with Crippen molar-refractivity contribution in [2.24, 2.45) is 16.6 Å². The summed E-state index contributed by atoms with van der Waals surface area (Å²) in [5, 5.41) is 0.425. The number of thioether (sulfide) groups is 1. The summed E-state index contributed by atoms with van der Waals surface area (Å²) in [6.07, 6.45) is 4.30. The number of carbonyl (C=O) groups excluding carboxylic acids is 1. The molecule has 2 aliphatic rings. The quantitative estimate of drug-likeness (QED) is 0.332. The Hall–Kier alpha value is -2.96. The Kier molecular flexibility index (Phi) is 6.91. The number of ether oxygens (including phenoxy) is 2. The predicted molar refractivity (Wildman–Crippen MR) is 129 cm³/mol. The number of nitrogens with two attached hydrogens (primary N) is 1. The van der Waals surface area contributed by atoms with Gasteiger partial charge in [0.1, 0.15) is 18.1 Å². The average Bonchev–Trinajstić information content (AvgIpc) is 3.53. The molecule has 2 N–H and O–H groups in total. The number of Topliss-reactive ketones (excluding diaryl/α,β-unsaturated/α-hetero) is 1. The van der Waals surface area contributed by atoms with Crippen LogP contribution in [0.4, 0.5) is 4.39 Å². The number of hydrogen-bond acceptors (Lipinski definition) is 8. The summed E-state index contributed by atoms with van der Waals surface area (Å²) in [5.41, 5.74) is 6.64. The molecule has 3 atom stereocenters. The van der Waals surface area contributed by atoms with E-state index in [-0.39, 0.29) is 34.4 Å². The van der Waals surface area contributed by atoms with Crippen molar-refractivity contribution in [3.8, 4) is 17.7 Å². The van der Waals surface area contributed by atoms with E-state index in [4.69, 9.17) is 15.2 Å². The molecule has 0 bridgehead atoms. The molecule has 0 amide bonds. The van der Waals surface area contributed by atoms with Gasteiger partial charge in [-0.15, -0.1) is 11.8 Å². The Morgan fingerprint density at radius 3 is 2.88 bits per heavy atom. The first-order valence-corrected chi connectivity index (χ1v) is 11.8. The standard InChI is InChI=1S/C25H27FN4O3S/c1-4-5-6-9-33-22-14-28-19(13-29-22)20(31)11-16-7-8-18(26)17(10-16)24(2)21-12-25(21,15-32-3)34-23(27)30-24/h7-8,10,13-14,21H,6,9,11-12,15H2,1-3H3,(H2,27,30)/t21-,24+,25+/m0/s1. The van der Waals surface area contributed by atoms with Crippen molar-refractivity contribution in [3.05, 3.63) is 53.2 Å². The summed E-state index contributed by atoms with van der Waals surface area (Å²) in [5.74, 6) is 5.54. The van der Waals surface area contributed by atoms with E-state index in [0.717, 1.165) is 6.42 Å². The van der Waals surface area contributed by atoms with Gasteiger partial charge in [-0.05, 0) is 38.0 Å². The van der Waals surface area contributed by atoms with Crippen LogP contribution in [0.25, 0.3) is 0 Å². The minimum Gasteiger partial charge on any atom is -0.476 e. The van der Waals surface area contributed by atoms with Gasteiger partial charge in [0.2, 0.25) is 5.88 Å². The van der Waals surface area contributed by atoms with Crippen LogP contribution in [0.3, 0.4) is 0 Å². The van der Waals surface area contributed by atoms with E-state index in [0.29, 0.717) is 41.8 Å². The van der Waals surface area contributed by atoms with Crippen LogP contribution in [-0.4, -0.2) is 46.0 Å². The summed E-state index contributed by atoms with van der Waals surface area (Å²) in [4.78, 5) is 25.8. The number of rotatable bonds is 9. The SMILES string of the molecule is CC#CCCOc1cnc(C(=O)Cc2ccc(F)c([C@@]3(C)N=C(N)S[C@@]4(COC)C[C@H]43)c2)cn1. The number of carbonyl (C=O) groups is 1. The number of hydrogen-bond donors (Lipinski definition) is 1. The van der Waals surface area contributed by atoms with Crippen LogP contribution in [-0.2, 0) is 16.7 Å². The Balaban J connectivity index is 1.50. The monoisotopic (exact) mass is 482 g/mol. The maximum Gasteiger partial charge on any atom is 0.232 e. The van der Waals surface area contributed by atoms with Crippen molar-refractivity contribution in [2.75, 3.05) is 20.3 Å². The molecule has 4 rings (SSSR count). The van der Waals surface area contributed by atoms with Gasteiger partial charge in [0.15, 0.2) is 11.0 Å². The van der Waals surface area contributed by atoms with Crippen LogP contribution in [0, 0.1) is 23.6 Å². The van der Waals surface area contributed by atoms with Gasteiger partial charge < -0.3 is 15.2 Å². The van der Waals surface area contributed by atoms with Gasteiger partial charge in [-0.3, -0.25) is 9.79 Å². The Morgan fingerprint density at radius 1 is 1.35 bits per heavy atom. The van der Waals surface area contributed by atoms with Crippen LogP contribution in [0.1, 0.15) is 48.3 Å². The summed E-state index contributed by atoms with van der Waals surface area (Å²) in [6.45, 7) is 4.60. The highest BCUT2D eigenvalue weighted by Crippen LogP contribution is 2.65. The highest BCUT2D eigenvalue weighted by atomic mass is 32.2. The number of benzene rings is 1. The van der Waals surface area contributed by atoms with Crippen molar-refractivity contribution >= 4 is 22.7 Å². The third-order valence-corrected chi connectivity index (χ3v) is 7.53. The molecule has 0 radical (unpaired) electrons. The predicted octanol–water partition coefficient (Wildman–Crippen LogP) is 3.52. The number of amidine groups is 1. The molecule has 34 heavy (non-hydrogen) atoms. The smallest absolute Gasteiger partial charge is 0.232 e. The number of aromatic nitrogens is 2. The molecule has 7 nitrogen and oxygen atoms in total. The van der Waals surface area contributed by atoms with Gasteiger partial charge in [-0.25, -0.2) is 14.4 Å². The average molecular weight is 483 g/mol. The molecule has 1 aromatic heterocycles. The minimum absolute atomic E-state index is 0.0617. The van der Waals surface area contributed by atoms with E-state index in [1.807, 2.05) is 6.92 Å². The van der Waals surface area contributed by atoms with Crippen molar-refractivity contribution in [2.45, 2.75) is 43.4 Å². The van der Waals surface area contributed by atoms with E-state index < -0.39 is 5.54 Å². The fraction of sp³-hybridized carbons (Fsp3) is 0.440. The molecule has 2 heterocycles. The molecule has 1 aliphatic heterocycles. The Morgan fingerprint density at radius 2 is 2.18 bits per heavy atom. The third-order valence-electron chi connectivity index (χ3n) is 6.25. The van der Waals surface area contributed by atoms with Crippen LogP contribution < -0.4 is 10.5 Å². The summed E-state index contributed by atoms with van der Waals surface area (Å²) in [6, 6.07) is 4.72. The van der Waals surface area contributed by atoms with Gasteiger partial charge in [0.05, 0.1) is 29.3 Å². The zero-order valence-electron chi connectivity index (χ0n) is 19.4. The van der Waals surface area contributed by atoms with Gasteiger partial charge in [0, 0.05) is 31.4 Å². The number of halogens is 1. The molecule has 0 saturated heterocycles. The number of methoxy groups -OCH3 is 1. The molecular weight excluding hydrogens is 455 g/mol. The van der Waals surface area contributed by atoms with E-state index in [1.54, 1.807) is 26.2 Å². The van der Waals surface area contributed by atoms with Gasteiger partial charge in [0.25, 0.3) is 0 Å². The lowest BCUT2D eigenvalue weighted by atomic mass is 9.84. The van der Waals surface area contributed by atoms with Crippen LogP contribution in [0.15, 0.2) is 35.6 Å². The normalized spacial score (nSPS) is 24.9. The first-order chi connectivity index (χ1) is 16.3. The lowest BCUT2D eigenvalue weighted by Crippen LogP contribution is -2.37. The molecule has 0 spiro atoms. The second-order valence-electron chi connectivity index (χ2n) is 8.63. The number of fused-ring (bicyclic) bond motifs is 1. The van der Waals surface area contributed by atoms with Gasteiger partial charge >= 0.3 is 0 Å². The number of nitrogens with zero attached hydrogens (tertiary/aromatic N) is 3. The second kappa shape index (κ2) is 9.72. The fourth-order valence-electron chi connectivity index (χ4n) is 4.54. The molecule has 178 valence electrons. The lowest BCUT2D eigenvalue weighted by Gasteiger charge is -2.34. The first-order valence-electron chi connectivity index (χ1n) is 11.0. The maximum absolute atomic E-state index is 15.0. The fourth-order valence-corrected chi connectivity index (χ4v) is 5.99. The van der Waals surface area contributed by atoms with Crippen LogP contribution in [0.5, 0.6) is 5.88 Å². The number of ketones is 1. The highest BCUT2D eigenvalue weighted by molar-refractivity contribution is 8.15. The van der Waals surface area contributed by atoms with E-state index in [2.05, 4.69) is 26.8 Å². The molecule has 1 aliphatic carbocycles. The zero-order chi connectivity index (χ0) is 24.3. The summed E-state index contributed by atoms with van der Waals surface area (Å²) in [7, 11) is 1.65. The molecule has 9 heteroatoms. The second-order valence-corrected chi connectivity index (χ2v) is 10.1. The molecule has 0 unspecified atom stereocenters. The highest BCUT2D eigenvalue weighted by Gasteiger charge is 2.66. The summed E-state index contributed by atoms with van der Waals surface area (Å²) < 4.78 is 25.7. The van der Waals surface area contributed by atoms with Crippen LogP contribution >= 0.6 is 11.8 Å². The Labute approximate surface area is 202 Å². The van der Waals surface area contributed by atoms with Crippen molar-refractivity contribution in [1.29, 1.82) is 0 Å². The molecule has 1 saturated carbocycles. The van der Waals surface area contributed by atoms with Crippen LogP contribution in [0.2, 0.25) is 0 Å². The minimum atomic E-state index is -0.821. The molecular formula is C25H27FN4O3S. The van der Waals surface area contributed by atoms with Crippen molar-refractivity contribution in [3.63, 3.8) is 0 Å². The van der Waals surface area contributed by atoms with E-state index in [9.17, 15) is 4.79 Å². The van der Waals surface area contributed by atoms with E-state index >= 15 is 4.39 Å². The van der Waals surface area contributed by atoms with Gasteiger partial charge in [-0.2, -0.15) is 0 Å². The molecule has 1 aromatic carbocycles. The molecule has 1 fully saturated rings. The van der Waals surface area contributed by atoms with Crippen molar-refractivity contribution < 1.29 is 18.7 Å². The van der Waals surface area contributed by atoms with Gasteiger partial charge in [-0.1, -0.05) is 17.8 Å². The molecule has 2 aromatic rings. The lowest BCUT2D eigenvalue weighted by molar-refractivity contribution is 0.0987.